The Morgan fingerprint density at radius 1 is 1.08 bits per heavy atom. The average Bonchev–Trinajstić information content (AvgIpc) is 2.98. The summed E-state index contributed by atoms with van der Waals surface area (Å²) < 4.78 is 24.1. The van der Waals surface area contributed by atoms with Crippen molar-refractivity contribution in [3.63, 3.8) is 0 Å². The number of Topliss-reactive ketones (excluding diaryl/α,β-unsaturated/α-hetero) is 1. The van der Waals surface area contributed by atoms with E-state index >= 15 is 0 Å². The number of ketones is 1. The first kappa shape index (κ1) is 8.14. The Kier molecular flexibility index (Phi) is 1.89. The van der Waals surface area contributed by atoms with Gasteiger partial charge in [0, 0.05) is 11.8 Å². The van der Waals surface area contributed by atoms with Gasteiger partial charge in [0.05, 0.1) is 13.3 Å². The summed E-state index contributed by atoms with van der Waals surface area (Å²) in [6, 6.07) is 0. The van der Waals surface area contributed by atoms with Gasteiger partial charge in [0.15, 0.2) is 0 Å². The smallest absolute Gasteiger partial charge is 0.139 e. The summed E-state index contributed by atoms with van der Waals surface area (Å²) in [5.41, 5.74) is 0. The quantitative estimate of drug-likeness (QED) is 0.634. The number of alkyl halides is 2. The number of hydrogen-bond donors (Lipinski definition) is 0. The van der Waals surface area contributed by atoms with E-state index in [1.54, 1.807) is 0 Å². The Morgan fingerprint density at radius 2 is 1.50 bits per heavy atom. The molecule has 2 aliphatic carbocycles. The van der Waals surface area contributed by atoms with Crippen molar-refractivity contribution in [2.75, 3.05) is 13.3 Å². The van der Waals surface area contributed by atoms with Gasteiger partial charge in [0.1, 0.15) is 5.78 Å². The summed E-state index contributed by atoms with van der Waals surface area (Å²) in [5.74, 6) is -0.0508. The monoisotopic (exact) mass is 174 g/mol. The summed E-state index contributed by atoms with van der Waals surface area (Å²) in [6.07, 6.45) is 1.40. The van der Waals surface area contributed by atoms with E-state index in [0.29, 0.717) is 12.8 Å². The molecule has 0 aliphatic heterocycles. The molecule has 0 aromatic heterocycles. The zero-order valence-electron chi connectivity index (χ0n) is 6.80. The van der Waals surface area contributed by atoms with Crippen LogP contribution in [0.15, 0.2) is 0 Å². The standard InChI is InChI=1S/C9H12F2O/c10-3-5-1-7(5)9(12)8-2-6(8)4-11/h5-8H,1-4H2. The molecule has 0 radical (unpaired) electrons. The lowest BCUT2D eigenvalue weighted by Crippen LogP contribution is -2.07. The predicted octanol–water partition coefficient (Wildman–Crippen LogP) is 1.77. The van der Waals surface area contributed by atoms with Gasteiger partial charge in [-0.3, -0.25) is 13.6 Å². The molecule has 1 nitrogen and oxygen atoms in total. The van der Waals surface area contributed by atoms with Gasteiger partial charge < -0.3 is 0 Å². The fourth-order valence-electron chi connectivity index (χ4n) is 1.81. The van der Waals surface area contributed by atoms with Gasteiger partial charge in [-0.05, 0) is 24.7 Å². The second-order valence-electron chi connectivity index (χ2n) is 3.92. The van der Waals surface area contributed by atoms with Crippen LogP contribution in [0.5, 0.6) is 0 Å². The van der Waals surface area contributed by atoms with Crippen molar-refractivity contribution in [1.82, 2.24) is 0 Å². The molecule has 68 valence electrons. The first-order valence-electron chi connectivity index (χ1n) is 4.43. The highest BCUT2D eigenvalue weighted by Crippen LogP contribution is 2.49. The van der Waals surface area contributed by atoms with Crippen molar-refractivity contribution in [3.05, 3.63) is 0 Å². The van der Waals surface area contributed by atoms with Crippen molar-refractivity contribution in [1.29, 1.82) is 0 Å². The Hall–Kier alpha value is -0.470. The van der Waals surface area contributed by atoms with E-state index in [1.165, 1.54) is 0 Å². The molecule has 2 saturated carbocycles. The molecule has 12 heavy (non-hydrogen) atoms. The van der Waals surface area contributed by atoms with E-state index in [-0.39, 0.29) is 42.8 Å². The van der Waals surface area contributed by atoms with E-state index in [0.717, 1.165) is 0 Å². The normalized spacial score (nSPS) is 44.2. The zero-order chi connectivity index (χ0) is 8.72. The second-order valence-corrected chi connectivity index (χ2v) is 3.92. The number of carbonyl (C=O) groups is 1. The van der Waals surface area contributed by atoms with Crippen LogP contribution < -0.4 is 0 Å². The van der Waals surface area contributed by atoms with Crippen LogP contribution in [0.3, 0.4) is 0 Å². The number of carbonyl (C=O) groups excluding carboxylic acids is 1. The third kappa shape index (κ3) is 1.25. The lowest BCUT2D eigenvalue weighted by molar-refractivity contribution is -0.122. The van der Waals surface area contributed by atoms with Gasteiger partial charge in [0.25, 0.3) is 0 Å². The SMILES string of the molecule is O=C(C1CC1CF)C1CC1CF. The minimum absolute atomic E-state index is 0.0293. The molecular weight excluding hydrogens is 162 g/mol. The van der Waals surface area contributed by atoms with Gasteiger partial charge >= 0.3 is 0 Å². The van der Waals surface area contributed by atoms with E-state index in [1.807, 2.05) is 0 Å². The maximum atomic E-state index is 12.0. The molecule has 2 fully saturated rings. The average molecular weight is 174 g/mol. The van der Waals surface area contributed by atoms with E-state index in [2.05, 4.69) is 0 Å². The molecule has 0 aromatic carbocycles. The van der Waals surface area contributed by atoms with Crippen molar-refractivity contribution in [2.45, 2.75) is 12.8 Å². The highest BCUT2D eigenvalue weighted by molar-refractivity contribution is 5.88. The first-order valence-corrected chi connectivity index (χ1v) is 4.43. The molecule has 0 saturated heterocycles. The zero-order valence-corrected chi connectivity index (χ0v) is 6.80. The second kappa shape index (κ2) is 2.79. The molecule has 3 heteroatoms. The molecule has 0 heterocycles. The van der Waals surface area contributed by atoms with Crippen LogP contribution >= 0.6 is 0 Å². The van der Waals surface area contributed by atoms with Crippen LogP contribution in [-0.4, -0.2) is 19.1 Å². The Labute approximate surface area is 70.1 Å². The minimum Gasteiger partial charge on any atom is -0.299 e. The third-order valence-corrected chi connectivity index (χ3v) is 2.97. The van der Waals surface area contributed by atoms with Crippen LogP contribution in [0.2, 0.25) is 0 Å². The van der Waals surface area contributed by atoms with Crippen LogP contribution in [0.4, 0.5) is 8.78 Å². The maximum absolute atomic E-state index is 12.0. The summed E-state index contributed by atoms with van der Waals surface area (Å²) >= 11 is 0. The van der Waals surface area contributed by atoms with Crippen molar-refractivity contribution in [2.24, 2.45) is 23.7 Å². The molecule has 2 rings (SSSR count). The molecule has 0 spiro atoms. The van der Waals surface area contributed by atoms with E-state index in [4.69, 9.17) is 0 Å². The van der Waals surface area contributed by atoms with E-state index in [9.17, 15) is 13.6 Å². The lowest BCUT2D eigenvalue weighted by Gasteiger charge is -1.94. The van der Waals surface area contributed by atoms with Crippen LogP contribution in [-0.2, 0) is 4.79 Å². The highest BCUT2D eigenvalue weighted by atomic mass is 19.1. The topological polar surface area (TPSA) is 17.1 Å². The summed E-state index contributed by atoms with van der Waals surface area (Å²) in [4.78, 5) is 11.4. The first-order chi connectivity index (χ1) is 5.77. The fourth-order valence-corrected chi connectivity index (χ4v) is 1.81. The fraction of sp³-hybridized carbons (Fsp3) is 0.889. The Morgan fingerprint density at radius 3 is 1.75 bits per heavy atom. The molecule has 0 bridgehead atoms. The maximum Gasteiger partial charge on any atom is 0.139 e. The Bertz CT molecular complexity index is 185. The molecule has 0 aromatic rings. The van der Waals surface area contributed by atoms with Gasteiger partial charge in [-0.25, -0.2) is 0 Å². The molecule has 4 atom stereocenters. The highest BCUT2D eigenvalue weighted by Gasteiger charge is 2.52. The number of hydrogen-bond acceptors (Lipinski definition) is 1. The van der Waals surface area contributed by atoms with Crippen molar-refractivity contribution in [3.8, 4) is 0 Å². The minimum atomic E-state index is -0.385. The number of halogens is 2. The molecule has 4 unspecified atom stereocenters. The summed E-state index contributed by atoms with van der Waals surface area (Å²) in [7, 11) is 0. The number of rotatable bonds is 4. The van der Waals surface area contributed by atoms with Gasteiger partial charge in [-0.2, -0.15) is 0 Å². The van der Waals surface area contributed by atoms with E-state index < -0.39 is 0 Å². The van der Waals surface area contributed by atoms with Crippen LogP contribution in [0.25, 0.3) is 0 Å². The summed E-state index contributed by atoms with van der Waals surface area (Å²) in [6.45, 7) is -0.771. The lowest BCUT2D eigenvalue weighted by atomic mass is 10.1. The van der Waals surface area contributed by atoms with Gasteiger partial charge in [0.2, 0.25) is 0 Å². The largest absolute Gasteiger partial charge is 0.299 e. The van der Waals surface area contributed by atoms with Crippen LogP contribution in [0.1, 0.15) is 12.8 Å². The van der Waals surface area contributed by atoms with Crippen molar-refractivity contribution < 1.29 is 13.6 Å². The van der Waals surface area contributed by atoms with Crippen molar-refractivity contribution >= 4 is 5.78 Å². The molecule has 2 aliphatic rings. The molecule has 0 amide bonds. The van der Waals surface area contributed by atoms with Gasteiger partial charge in [-0.1, -0.05) is 0 Å². The third-order valence-electron chi connectivity index (χ3n) is 2.97. The predicted molar refractivity (Wildman–Crippen MR) is 40.2 cm³/mol. The molecular formula is C9H12F2O. The Balaban J connectivity index is 1.80. The van der Waals surface area contributed by atoms with Crippen LogP contribution in [0, 0.1) is 23.7 Å². The molecule has 0 N–H and O–H groups in total. The van der Waals surface area contributed by atoms with Gasteiger partial charge in [-0.15, -0.1) is 0 Å². The summed E-state index contributed by atoms with van der Waals surface area (Å²) in [5, 5.41) is 0.